The van der Waals surface area contributed by atoms with Crippen LogP contribution in [0.15, 0.2) is 60.7 Å². The summed E-state index contributed by atoms with van der Waals surface area (Å²) in [6, 6.07) is 17.6. The van der Waals surface area contributed by atoms with E-state index < -0.39 is 11.9 Å². The van der Waals surface area contributed by atoms with E-state index in [2.05, 4.69) is 0 Å². The van der Waals surface area contributed by atoms with Crippen molar-refractivity contribution in [3.63, 3.8) is 0 Å². The second-order valence-electron chi connectivity index (χ2n) is 7.94. The zero-order valence-electron chi connectivity index (χ0n) is 18.9. The SMILES string of the molecule is CSN(CCc1ccc(Cl)cc1)C(=O)c1ccc(Oc2cc3c(cc2Cl)C(C(=O)O)CCO3)cc1. The van der Waals surface area contributed by atoms with E-state index in [0.29, 0.717) is 59.4 Å². The average molecular weight is 532 g/mol. The zero-order chi connectivity index (χ0) is 24.9. The van der Waals surface area contributed by atoms with Crippen LogP contribution in [0.1, 0.15) is 33.8 Å². The third kappa shape index (κ3) is 6.04. The van der Waals surface area contributed by atoms with Crippen molar-refractivity contribution < 1.29 is 24.2 Å². The van der Waals surface area contributed by atoms with Gasteiger partial charge >= 0.3 is 5.97 Å². The highest BCUT2D eigenvalue weighted by Crippen LogP contribution is 2.41. The Bertz CT molecular complexity index is 1220. The van der Waals surface area contributed by atoms with E-state index in [4.69, 9.17) is 32.7 Å². The van der Waals surface area contributed by atoms with Crippen LogP contribution in [0.5, 0.6) is 17.2 Å². The Morgan fingerprint density at radius 2 is 1.83 bits per heavy atom. The number of carbonyl (C=O) groups is 2. The molecule has 1 N–H and O–H groups in total. The van der Waals surface area contributed by atoms with Crippen molar-refractivity contribution >= 4 is 47.0 Å². The summed E-state index contributed by atoms with van der Waals surface area (Å²) in [5.41, 5.74) is 2.18. The van der Waals surface area contributed by atoms with Crippen LogP contribution in [-0.4, -0.2) is 40.7 Å². The summed E-state index contributed by atoms with van der Waals surface area (Å²) in [5.74, 6) is -0.374. The minimum absolute atomic E-state index is 0.0991. The van der Waals surface area contributed by atoms with Crippen molar-refractivity contribution in [2.24, 2.45) is 0 Å². The molecule has 0 spiro atoms. The summed E-state index contributed by atoms with van der Waals surface area (Å²) in [6.45, 7) is 0.869. The predicted molar refractivity (Wildman–Crippen MR) is 138 cm³/mol. The first-order valence-corrected chi connectivity index (χ1v) is 12.9. The van der Waals surface area contributed by atoms with Crippen LogP contribution in [0.25, 0.3) is 0 Å². The number of halogens is 2. The molecule has 0 saturated carbocycles. The van der Waals surface area contributed by atoms with Crippen LogP contribution >= 0.6 is 35.1 Å². The Morgan fingerprint density at radius 1 is 1.11 bits per heavy atom. The molecule has 9 heteroatoms. The maximum absolute atomic E-state index is 13.0. The van der Waals surface area contributed by atoms with Crippen LogP contribution in [-0.2, 0) is 11.2 Å². The number of carboxylic acids is 1. The van der Waals surface area contributed by atoms with Gasteiger partial charge in [-0.05, 0) is 60.9 Å². The summed E-state index contributed by atoms with van der Waals surface area (Å²) in [7, 11) is 0. The molecule has 1 aliphatic rings. The Kier molecular flexibility index (Phi) is 8.11. The van der Waals surface area contributed by atoms with Gasteiger partial charge in [-0.15, -0.1) is 0 Å². The van der Waals surface area contributed by atoms with Gasteiger partial charge in [0.1, 0.15) is 17.2 Å². The number of aliphatic carboxylic acids is 1. The third-order valence-electron chi connectivity index (χ3n) is 5.69. The lowest BCUT2D eigenvalue weighted by Gasteiger charge is -2.24. The minimum Gasteiger partial charge on any atom is -0.493 e. The Balaban J connectivity index is 1.43. The van der Waals surface area contributed by atoms with Gasteiger partial charge in [0, 0.05) is 35.0 Å². The second kappa shape index (κ2) is 11.2. The fourth-order valence-electron chi connectivity index (χ4n) is 3.82. The summed E-state index contributed by atoms with van der Waals surface area (Å²) >= 11 is 13.7. The van der Waals surface area contributed by atoms with Crippen LogP contribution in [0.3, 0.4) is 0 Å². The number of hydrogen-bond donors (Lipinski definition) is 1. The molecule has 0 aromatic heterocycles. The summed E-state index contributed by atoms with van der Waals surface area (Å²) in [6.07, 6.45) is 2.97. The number of hydrogen-bond acceptors (Lipinski definition) is 5. The predicted octanol–water partition coefficient (Wildman–Crippen LogP) is 6.70. The molecule has 3 aromatic rings. The molecule has 0 aliphatic carbocycles. The number of amides is 1. The fraction of sp³-hybridized carbons (Fsp3) is 0.231. The van der Waals surface area contributed by atoms with E-state index in [-0.39, 0.29) is 10.9 Å². The first-order valence-electron chi connectivity index (χ1n) is 10.9. The molecule has 0 fully saturated rings. The molecule has 1 aliphatic heterocycles. The van der Waals surface area contributed by atoms with Gasteiger partial charge in [0.05, 0.1) is 17.5 Å². The number of ether oxygens (including phenoxy) is 2. The molecule has 6 nitrogen and oxygen atoms in total. The van der Waals surface area contributed by atoms with Crippen LogP contribution in [0.2, 0.25) is 10.0 Å². The van der Waals surface area contributed by atoms with Crippen molar-refractivity contribution in [2.75, 3.05) is 19.4 Å². The van der Waals surface area contributed by atoms with Crippen LogP contribution in [0, 0.1) is 0 Å². The number of benzene rings is 3. The molecule has 1 atom stereocenters. The largest absolute Gasteiger partial charge is 0.493 e. The minimum atomic E-state index is -0.910. The Hall–Kier alpha value is -2.87. The van der Waals surface area contributed by atoms with Gasteiger partial charge in [0.15, 0.2) is 0 Å². The summed E-state index contributed by atoms with van der Waals surface area (Å²) < 4.78 is 13.2. The molecule has 4 rings (SSSR count). The lowest BCUT2D eigenvalue weighted by atomic mass is 9.93. The van der Waals surface area contributed by atoms with Crippen molar-refractivity contribution in [2.45, 2.75) is 18.8 Å². The fourth-order valence-corrected chi connectivity index (χ4v) is 4.70. The molecular formula is C26H23Cl2NO5S. The highest BCUT2D eigenvalue weighted by Gasteiger charge is 2.29. The van der Waals surface area contributed by atoms with E-state index >= 15 is 0 Å². The quantitative estimate of drug-likeness (QED) is 0.326. The van der Waals surface area contributed by atoms with E-state index in [0.717, 1.165) is 5.56 Å². The molecule has 1 heterocycles. The van der Waals surface area contributed by atoms with Gasteiger partial charge in [0.25, 0.3) is 5.91 Å². The lowest BCUT2D eigenvalue weighted by molar-refractivity contribution is -0.139. The second-order valence-corrected chi connectivity index (χ2v) is 9.59. The molecule has 0 bridgehead atoms. The maximum atomic E-state index is 13.0. The zero-order valence-corrected chi connectivity index (χ0v) is 21.2. The van der Waals surface area contributed by atoms with E-state index in [1.165, 1.54) is 11.9 Å². The topological polar surface area (TPSA) is 76.1 Å². The number of nitrogens with zero attached hydrogens (tertiary/aromatic N) is 1. The van der Waals surface area contributed by atoms with Gasteiger partial charge in [0.2, 0.25) is 0 Å². The Morgan fingerprint density at radius 3 is 2.49 bits per heavy atom. The standard InChI is InChI=1S/C26H23Cl2NO5S/c1-35-29(12-10-16-2-6-18(27)7-3-16)25(30)17-4-8-19(9-5-17)34-24-15-23-21(14-22(24)28)20(26(31)32)11-13-33-23/h2-9,14-15,20H,10-13H2,1H3,(H,31,32). The first kappa shape index (κ1) is 25.2. The monoisotopic (exact) mass is 531 g/mol. The van der Waals surface area contributed by atoms with Crippen molar-refractivity contribution in [3.8, 4) is 17.2 Å². The Labute approximate surface area is 217 Å². The maximum Gasteiger partial charge on any atom is 0.311 e. The molecular weight excluding hydrogens is 509 g/mol. The first-order chi connectivity index (χ1) is 16.9. The van der Waals surface area contributed by atoms with Crippen molar-refractivity contribution in [3.05, 3.63) is 87.4 Å². The van der Waals surface area contributed by atoms with Crippen LogP contribution < -0.4 is 9.47 Å². The molecule has 1 amide bonds. The van der Waals surface area contributed by atoms with Gasteiger partial charge in [-0.3, -0.25) is 13.9 Å². The highest BCUT2D eigenvalue weighted by atomic mass is 35.5. The lowest BCUT2D eigenvalue weighted by Crippen LogP contribution is -2.26. The van der Waals surface area contributed by atoms with E-state index in [1.807, 2.05) is 30.5 Å². The highest BCUT2D eigenvalue weighted by molar-refractivity contribution is 7.96. The summed E-state index contributed by atoms with van der Waals surface area (Å²) in [5, 5.41) is 10.4. The van der Waals surface area contributed by atoms with Gasteiger partial charge < -0.3 is 14.6 Å². The molecule has 1 unspecified atom stereocenters. The molecule has 0 radical (unpaired) electrons. The third-order valence-corrected chi connectivity index (χ3v) is 7.03. The molecule has 182 valence electrons. The van der Waals surface area contributed by atoms with Gasteiger partial charge in [-0.1, -0.05) is 47.3 Å². The van der Waals surface area contributed by atoms with Gasteiger partial charge in [-0.2, -0.15) is 0 Å². The van der Waals surface area contributed by atoms with E-state index in [9.17, 15) is 14.7 Å². The normalized spacial score (nSPS) is 14.5. The van der Waals surface area contributed by atoms with Crippen LogP contribution in [0.4, 0.5) is 0 Å². The number of carboxylic acid groups (broad SMARTS) is 1. The molecule has 0 saturated heterocycles. The summed E-state index contributed by atoms with van der Waals surface area (Å²) in [4.78, 5) is 24.5. The number of rotatable bonds is 8. The van der Waals surface area contributed by atoms with E-state index in [1.54, 1.807) is 40.7 Å². The molecule has 3 aromatic carbocycles. The van der Waals surface area contributed by atoms with Crippen molar-refractivity contribution in [1.29, 1.82) is 0 Å². The number of fused-ring (bicyclic) bond motifs is 1. The number of carbonyl (C=O) groups excluding carboxylic acids is 1. The average Bonchev–Trinajstić information content (AvgIpc) is 2.86. The van der Waals surface area contributed by atoms with Crippen molar-refractivity contribution in [1.82, 2.24) is 4.31 Å². The smallest absolute Gasteiger partial charge is 0.311 e. The molecule has 35 heavy (non-hydrogen) atoms. The van der Waals surface area contributed by atoms with Gasteiger partial charge in [-0.25, -0.2) is 0 Å².